The van der Waals surface area contributed by atoms with E-state index in [2.05, 4.69) is 20.5 Å². The Kier molecular flexibility index (Phi) is 4.94. The zero-order valence-electron chi connectivity index (χ0n) is 15.5. The Bertz CT molecular complexity index is 1230. The van der Waals surface area contributed by atoms with Gasteiger partial charge in [0.1, 0.15) is 10.7 Å². The summed E-state index contributed by atoms with van der Waals surface area (Å²) in [5.41, 5.74) is -0.213. The maximum Gasteiger partial charge on any atom is 0.433 e. The molecule has 0 spiro atoms. The van der Waals surface area contributed by atoms with Gasteiger partial charge in [-0.25, -0.2) is 9.50 Å². The van der Waals surface area contributed by atoms with Crippen LogP contribution in [0.3, 0.4) is 0 Å². The van der Waals surface area contributed by atoms with Crippen LogP contribution in [0.25, 0.3) is 5.65 Å². The van der Waals surface area contributed by atoms with E-state index in [0.29, 0.717) is 11.1 Å². The third kappa shape index (κ3) is 3.99. The zero-order chi connectivity index (χ0) is 21.5. The number of fused-ring (bicyclic) bond motifs is 1. The van der Waals surface area contributed by atoms with Crippen LogP contribution in [0.1, 0.15) is 27.4 Å². The molecule has 154 valence electrons. The number of anilines is 1. The van der Waals surface area contributed by atoms with E-state index in [-0.39, 0.29) is 27.9 Å². The van der Waals surface area contributed by atoms with E-state index in [0.717, 1.165) is 11.6 Å². The monoisotopic (exact) mass is 434 g/mol. The number of halogens is 4. The average Bonchev–Trinajstić information content (AvgIpc) is 3.24. The van der Waals surface area contributed by atoms with Gasteiger partial charge < -0.3 is 5.32 Å². The van der Waals surface area contributed by atoms with Crippen molar-refractivity contribution in [2.45, 2.75) is 19.6 Å². The Morgan fingerprint density at radius 2 is 1.90 bits per heavy atom. The SMILES string of the molecule is Cc1cc(C(F)(F)F)n2nc(C(=O)Nc3nn(Cc4ccccc4)cc3Cl)cc2n1. The van der Waals surface area contributed by atoms with E-state index in [4.69, 9.17) is 11.6 Å². The first-order valence-corrected chi connectivity index (χ1v) is 9.11. The molecule has 4 aromatic rings. The number of carbonyl (C=O) groups is 1. The van der Waals surface area contributed by atoms with Gasteiger partial charge in [-0.2, -0.15) is 23.4 Å². The van der Waals surface area contributed by atoms with Gasteiger partial charge in [-0.1, -0.05) is 41.9 Å². The first-order chi connectivity index (χ1) is 14.2. The van der Waals surface area contributed by atoms with Crippen LogP contribution < -0.4 is 5.32 Å². The van der Waals surface area contributed by atoms with Crippen molar-refractivity contribution in [3.05, 3.63) is 76.3 Å². The van der Waals surface area contributed by atoms with Gasteiger partial charge in [-0.05, 0) is 18.6 Å². The predicted molar refractivity (Wildman–Crippen MR) is 103 cm³/mol. The summed E-state index contributed by atoms with van der Waals surface area (Å²) in [6.07, 6.45) is -3.11. The molecule has 7 nitrogen and oxygen atoms in total. The van der Waals surface area contributed by atoms with Crippen LogP contribution in [-0.2, 0) is 12.7 Å². The second-order valence-corrected chi connectivity index (χ2v) is 6.95. The third-order valence-corrected chi connectivity index (χ3v) is 4.49. The first-order valence-electron chi connectivity index (χ1n) is 8.73. The fourth-order valence-corrected chi connectivity index (χ4v) is 3.12. The van der Waals surface area contributed by atoms with Crippen molar-refractivity contribution >= 4 is 29.0 Å². The Hall–Kier alpha value is -3.40. The molecule has 0 atom stereocenters. The van der Waals surface area contributed by atoms with E-state index < -0.39 is 17.8 Å². The molecular formula is C19H14ClF3N6O. The normalized spacial score (nSPS) is 11.8. The molecule has 3 aromatic heterocycles. The molecule has 1 aromatic carbocycles. The minimum Gasteiger partial charge on any atom is -0.302 e. The predicted octanol–water partition coefficient (Wildman–Crippen LogP) is 4.21. The van der Waals surface area contributed by atoms with Crippen molar-refractivity contribution in [2.24, 2.45) is 0 Å². The highest BCUT2D eigenvalue weighted by molar-refractivity contribution is 6.33. The van der Waals surface area contributed by atoms with Crippen LogP contribution in [0.15, 0.2) is 48.7 Å². The summed E-state index contributed by atoms with van der Waals surface area (Å²) >= 11 is 6.14. The number of hydrogen-bond acceptors (Lipinski definition) is 4. The van der Waals surface area contributed by atoms with Gasteiger partial charge >= 0.3 is 6.18 Å². The number of carbonyl (C=O) groups excluding carboxylic acids is 1. The van der Waals surface area contributed by atoms with Crippen LogP contribution in [0.4, 0.5) is 19.0 Å². The summed E-state index contributed by atoms with van der Waals surface area (Å²) < 4.78 is 42.0. The average molecular weight is 435 g/mol. The van der Waals surface area contributed by atoms with E-state index in [1.807, 2.05) is 30.3 Å². The smallest absolute Gasteiger partial charge is 0.302 e. The molecule has 0 fully saturated rings. The second kappa shape index (κ2) is 7.45. The highest BCUT2D eigenvalue weighted by Crippen LogP contribution is 2.30. The summed E-state index contributed by atoms with van der Waals surface area (Å²) in [4.78, 5) is 16.5. The van der Waals surface area contributed by atoms with E-state index in [1.54, 1.807) is 10.9 Å². The molecule has 0 aliphatic heterocycles. The molecule has 1 amide bonds. The number of aryl methyl sites for hydroxylation is 1. The lowest BCUT2D eigenvalue weighted by Crippen LogP contribution is -2.16. The van der Waals surface area contributed by atoms with Crippen LogP contribution in [0.2, 0.25) is 5.02 Å². The number of alkyl halides is 3. The number of nitrogens with zero attached hydrogens (tertiary/aromatic N) is 5. The third-order valence-electron chi connectivity index (χ3n) is 4.21. The lowest BCUT2D eigenvalue weighted by atomic mass is 10.2. The fourth-order valence-electron chi connectivity index (χ4n) is 2.92. The molecule has 0 bridgehead atoms. The maximum atomic E-state index is 13.3. The van der Waals surface area contributed by atoms with Gasteiger partial charge in [-0.3, -0.25) is 9.48 Å². The number of nitrogens with one attached hydrogen (secondary N) is 1. The molecule has 30 heavy (non-hydrogen) atoms. The topological polar surface area (TPSA) is 77.1 Å². The minimum absolute atomic E-state index is 0.0786. The van der Waals surface area contributed by atoms with Gasteiger partial charge in [0.05, 0.1) is 6.54 Å². The first kappa shape index (κ1) is 19.9. The highest BCUT2D eigenvalue weighted by Gasteiger charge is 2.35. The zero-order valence-corrected chi connectivity index (χ0v) is 16.2. The Morgan fingerprint density at radius 1 is 1.17 bits per heavy atom. The lowest BCUT2D eigenvalue weighted by molar-refractivity contribution is -0.142. The van der Waals surface area contributed by atoms with Crippen molar-refractivity contribution in [1.29, 1.82) is 0 Å². The van der Waals surface area contributed by atoms with Crippen LogP contribution in [0, 0.1) is 6.92 Å². The number of aromatic nitrogens is 5. The van der Waals surface area contributed by atoms with Gasteiger partial charge in [0.25, 0.3) is 5.91 Å². The number of benzene rings is 1. The van der Waals surface area contributed by atoms with Crippen LogP contribution in [-0.4, -0.2) is 30.3 Å². The van der Waals surface area contributed by atoms with Crippen molar-refractivity contribution in [2.75, 3.05) is 5.32 Å². The summed E-state index contributed by atoms with van der Waals surface area (Å²) in [6, 6.07) is 11.5. The molecule has 0 saturated heterocycles. The Balaban J connectivity index is 1.59. The standard InChI is InChI=1S/C19H14ClF3N6O/c1-11-7-15(19(21,22)23)29-16(24-11)8-14(26-29)18(30)25-17-13(20)10-28(27-17)9-12-5-3-2-4-6-12/h2-8,10H,9H2,1H3,(H,25,27,30). The molecule has 1 N–H and O–H groups in total. The second-order valence-electron chi connectivity index (χ2n) is 6.54. The van der Waals surface area contributed by atoms with E-state index in [9.17, 15) is 18.0 Å². The summed E-state index contributed by atoms with van der Waals surface area (Å²) in [6.45, 7) is 1.87. The summed E-state index contributed by atoms with van der Waals surface area (Å²) in [5.74, 6) is -0.673. The molecule has 0 aliphatic carbocycles. The highest BCUT2D eigenvalue weighted by atomic mass is 35.5. The van der Waals surface area contributed by atoms with Crippen molar-refractivity contribution in [3.63, 3.8) is 0 Å². The van der Waals surface area contributed by atoms with Crippen LogP contribution in [0.5, 0.6) is 0 Å². The van der Waals surface area contributed by atoms with Gasteiger partial charge in [0, 0.05) is 18.0 Å². The summed E-state index contributed by atoms with van der Waals surface area (Å²) in [7, 11) is 0. The van der Waals surface area contributed by atoms with Gasteiger partial charge in [-0.15, -0.1) is 0 Å². The van der Waals surface area contributed by atoms with E-state index >= 15 is 0 Å². The maximum absolute atomic E-state index is 13.3. The molecule has 11 heteroatoms. The fraction of sp³-hybridized carbons (Fsp3) is 0.158. The number of amides is 1. The quantitative estimate of drug-likeness (QED) is 0.522. The van der Waals surface area contributed by atoms with Crippen molar-refractivity contribution < 1.29 is 18.0 Å². The molecule has 4 rings (SSSR count). The summed E-state index contributed by atoms with van der Waals surface area (Å²) in [5, 5.41) is 10.6. The number of hydrogen-bond donors (Lipinski definition) is 1. The van der Waals surface area contributed by atoms with Crippen molar-refractivity contribution in [3.8, 4) is 0 Å². The Morgan fingerprint density at radius 3 is 2.60 bits per heavy atom. The van der Waals surface area contributed by atoms with E-state index in [1.165, 1.54) is 13.0 Å². The van der Waals surface area contributed by atoms with Gasteiger partial charge in [0.15, 0.2) is 17.2 Å². The Labute approximate surface area is 173 Å². The van der Waals surface area contributed by atoms with Gasteiger partial charge in [0.2, 0.25) is 0 Å². The molecule has 0 saturated carbocycles. The number of rotatable bonds is 4. The largest absolute Gasteiger partial charge is 0.433 e. The molecule has 0 aliphatic rings. The van der Waals surface area contributed by atoms with Crippen molar-refractivity contribution in [1.82, 2.24) is 24.4 Å². The molecule has 0 radical (unpaired) electrons. The lowest BCUT2D eigenvalue weighted by Gasteiger charge is -2.09. The van der Waals surface area contributed by atoms with Crippen LogP contribution >= 0.6 is 11.6 Å². The molecule has 3 heterocycles. The minimum atomic E-state index is -4.65. The molecule has 0 unspecified atom stereocenters. The molecular weight excluding hydrogens is 421 g/mol.